The number of rotatable bonds is 7. The molecule has 27 heavy (non-hydrogen) atoms. The fourth-order valence-corrected chi connectivity index (χ4v) is 3.81. The summed E-state index contributed by atoms with van der Waals surface area (Å²) in [5.41, 5.74) is 2.01. The summed E-state index contributed by atoms with van der Waals surface area (Å²) >= 11 is 0. The maximum Gasteiger partial charge on any atom is 0.227 e. The van der Waals surface area contributed by atoms with Crippen LogP contribution in [0.5, 0.6) is 0 Å². The van der Waals surface area contributed by atoms with E-state index in [1.807, 2.05) is 29.2 Å². The van der Waals surface area contributed by atoms with Gasteiger partial charge in [-0.3, -0.25) is 14.4 Å². The number of likely N-dealkylation sites (tertiary alicyclic amines) is 1. The number of amides is 3. The number of hydrogen-bond acceptors (Lipinski definition) is 3. The molecular weight excluding hydrogens is 342 g/mol. The summed E-state index contributed by atoms with van der Waals surface area (Å²) < 4.78 is 0. The van der Waals surface area contributed by atoms with Crippen molar-refractivity contribution in [1.29, 1.82) is 0 Å². The predicted molar refractivity (Wildman–Crippen MR) is 104 cm³/mol. The molecular formula is C21H29N3O3. The molecule has 3 rings (SSSR count). The summed E-state index contributed by atoms with van der Waals surface area (Å²) in [7, 11) is 0. The summed E-state index contributed by atoms with van der Waals surface area (Å²) in [5.74, 6) is 0.0628. The molecule has 1 atom stereocenters. The lowest BCUT2D eigenvalue weighted by atomic mass is 9.89. The van der Waals surface area contributed by atoms with Crippen LogP contribution >= 0.6 is 0 Å². The highest BCUT2D eigenvalue weighted by molar-refractivity contribution is 5.96. The van der Waals surface area contributed by atoms with Crippen LogP contribution in [0.25, 0.3) is 0 Å². The van der Waals surface area contributed by atoms with Crippen LogP contribution in [-0.4, -0.2) is 42.3 Å². The normalized spacial score (nSPS) is 19.9. The van der Waals surface area contributed by atoms with Gasteiger partial charge in [0.2, 0.25) is 17.7 Å². The third-order valence-corrected chi connectivity index (χ3v) is 5.43. The summed E-state index contributed by atoms with van der Waals surface area (Å²) in [6.07, 6.45) is 6.20. The first-order chi connectivity index (χ1) is 13.1. The molecule has 0 spiro atoms. The van der Waals surface area contributed by atoms with Gasteiger partial charge in [-0.2, -0.15) is 0 Å². The van der Waals surface area contributed by atoms with E-state index in [4.69, 9.17) is 0 Å². The Kier molecular flexibility index (Phi) is 6.85. The molecule has 1 aromatic carbocycles. The lowest BCUT2D eigenvalue weighted by Gasteiger charge is -2.24. The number of nitrogens with one attached hydrogen (secondary N) is 2. The molecule has 146 valence electrons. The van der Waals surface area contributed by atoms with Gasteiger partial charge in [-0.15, -0.1) is 0 Å². The minimum Gasteiger partial charge on any atom is -0.356 e. The number of hydrogen-bond donors (Lipinski definition) is 2. The van der Waals surface area contributed by atoms with Crippen molar-refractivity contribution in [3.8, 4) is 0 Å². The van der Waals surface area contributed by atoms with E-state index in [1.165, 1.54) is 0 Å². The van der Waals surface area contributed by atoms with Gasteiger partial charge in [0.15, 0.2) is 0 Å². The molecule has 2 aliphatic rings. The zero-order valence-corrected chi connectivity index (χ0v) is 15.8. The molecule has 6 heteroatoms. The van der Waals surface area contributed by atoms with Crippen LogP contribution in [-0.2, 0) is 20.8 Å². The average Bonchev–Trinajstić information content (AvgIpc) is 2.87. The quantitative estimate of drug-likeness (QED) is 0.723. The fourth-order valence-electron chi connectivity index (χ4n) is 3.81. The van der Waals surface area contributed by atoms with Crippen LogP contribution in [0.2, 0.25) is 0 Å². The van der Waals surface area contributed by atoms with E-state index in [1.54, 1.807) is 0 Å². The van der Waals surface area contributed by atoms with Gasteiger partial charge in [-0.05, 0) is 43.7 Å². The maximum atomic E-state index is 12.2. The lowest BCUT2D eigenvalue weighted by Crippen LogP contribution is -2.34. The SMILES string of the molecule is O=C(CCC1Cc2ccccc2NC1=O)NCCCN1CCCCCC1=O. The minimum absolute atomic E-state index is 0.00109. The Morgan fingerprint density at radius 1 is 1.19 bits per heavy atom. The van der Waals surface area contributed by atoms with Crippen molar-refractivity contribution < 1.29 is 14.4 Å². The molecule has 0 aliphatic carbocycles. The van der Waals surface area contributed by atoms with Crippen molar-refractivity contribution in [2.75, 3.05) is 25.0 Å². The summed E-state index contributed by atoms with van der Waals surface area (Å²) in [4.78, 5) is 38.1. The third-order valence-electron chi connectivity index (χ3n) is 5.43. The van der Waals surface area contributed by atoms with Gasteiger partial charge in [-0.25, -0.2) is 0 Å². The Hall–Kier alpha value is -2.37. The fraction of sp³-hybridized carbons (Fsp3) is 0.571. The second-order valence-corrected chi connectivity index (χ2v) is 7.48. The van der Waals surface area contributed by atoms with Gasteiger partial charge in [0.1, 0.15) is 0 Å². The van der Waals surface area contributed by atoms with Crippen LogP contribution in [0.3, 0.4) is 0 Å². The monoisotopic (exact) mass is 371 g/mol. The van der Waals surface area contributed by atoms with Gasteiger partial charge in [-0.1, -0.05) is 24.6 Å². The molecule has 0 saturated carbocycles. The Bertz CT molecular complexity index is 689. The zero-order valence-electron chi connectivity index (χ0n) is 15.8. The van der Waals surface area contributed by atoms with Crippen molar-refractivity contribution in [1.82, 2.24) is 10.2 Å². The summed E-state index contributed by atoms with van der Waals surface area (Å²) in [5, 5.41) is 5.84. The van der Waals surface area contributed by atoms with Crippen LogP contribution in [0.15, 0.2) is 24.3 Å². The second-order valence-electron chi connectivity index (χ2n) is 7.48. The van der Waals surface area contributed by atoms with Crippen LogP contribution < -0.4 is 10.6 Å². The molecule has 2 N–H and O–H groups in total. The molecule has 2 heterocycles. The third kappa shape index (κ3) is 5.55. The minimum atomic E-state index is -0.152. The molecule has 1 saturated heterocycles. The smallest absolute Gasteiger partial charge is 0.227 e. The van der Waals surface area contributed by atoms with E-state index in [0.717, 1.165) is 43.5 Å². The van der Waals surface area contributed by atoms with Crippen LogP contribution in [0, 0.1) is 5.92 Å². The van der Waals surface area contributed by atoms with E-state index >= 15 is 0 Å². The topological polar surface area (TPSA) is 78.5 Å². The van der Waals surface area contributed by atoms with E-state index in [9.17, 15) is 14.4 Å². The highest BCUT2D eigenvalue weighted by atomic mass is 16.2. The zero-order chi connectivity index (χ0) is 19.1. The first-order valence-electron chi connectivity index (χ1n) is 10.1. The van der Waals surface area contributed by atoms with Crippen molar-refractivity contribution in [3.05, 3.63) is 29.8 Å². The Labute approximate surface area is 160 Å². The number of benzene rings is 1. The molecule has 1 aromatic rings. The molecule has 6 nitrogen and oxygen atoms in total. The van der Waals surface area contributed by atoms with Crippen molar-refractivity contribution >= 4 is 23.4 Å². The van der Waals surface area contributed by atoms with Gasteiger partial charge in [0, 0.05) is 44.1 Å². The standard InChI is InChI=1S/C21H29N3O3/c25-19(22-12-6-14-24-13-5-1-2-9-20(24)26)11-10-17-15-16-7-3-4-8-18(16)23-21(17)27/h3-4,7-8,17H,1-2,5-6,9-15H2,(H,22,25)(H,23,27). The highest BCUT2D eigenvalue weighted by Crippen LogP contribution is 2.27. The Balaban J connectivity index is 1.34. The van der Waals surface area contributed by atoms with Crippen LogP contribution in [0.1, 0.15) is 50.5 Å². The largest absolute Gasteiger partial charge is 0.356 e. The van der Waals surface area contributed by atoms with E-state index in [-0.39, 0.29) is 23.6 Å². The highest BCUT2D eigenvalue weighted by Gasteiger charge is 2.26. The predicted octanol–water partition coefficient (Wildman–Crippen LogP) is 2.49. The summed E-state index contributed by atoms with van der Waals surface area (Å²) in [6.45, 7) is 2.12. The molecule has 0 aromatic heterocycles. The van der Waals surface area contributed by atoms with Crippen molar-refractivity contribution in [2.45, 2.75) is 51.4 Å². The number of carbonyl (C=O) groups excluding carboxylic acids is 3. The average molecular weight is 371 g/mol. The Morgan fingerprint density at radius 3 is 2.93 bits per heavy atom. The molecule has 2 aliphatic heterocycles. The molecule has 0 bridgehead atoms. The van der Waals surface area contributed by atoms with E-state index in [2.05, 4.69) is 10.6 Å². The molecule has 1 fully saturated rings. The number of nitrogens with zero attached hydrogens (tertiary/aromatic N) is 1. The molecule has 1 unspecified atom stereocenters. The van der Waals surface area contributed by atoms with Gasteiger partial charge < -0.3 is 15.5 Å². The van der Waals surface area contributed by atoms with E-state index in [0.29, 0.717) is 38.8 Å². The summed E-state index contributed by atoms with van der Waals surface area (Å²) in [6, 6.07) is 7.80. The number of anilines is 1. The Morgan fingerprint density at radius 2 is 2.04 bits per heavy atom. The van der Waals surface area contributed by atoms with Crippen LogP contribution in [0.4, 0.5) is 5.69 Å². The second kappa shape index (κ2) is 9.53. The molecule has 0 radical (unpaired) electrons. The molecule has 3 amide bonds. The van der Waals surface area contributed by atoms with Gasteiger partial charge >= 0.3 is 0 Å². The number of fused-ring (bicyclic) bond motifs is 1. The van der Waals surface area contributed by atoms with Crippen molar-refractivity contribution in [3.63, 3.8) is 0 Å². The maximum absolute atomic E-state index is 12.2. The van der Waals surface area contributed by atoms with Crippen molar-refractivity contribution in [2.24, 2.45) is 5.92 Å². The number of para-hydroxylation sites is 1. The van der Waals surface area contributed by atoms with E-state index < -0.39 is 0 Å². The van der Waals surface area contributed by atoms with Gasteiger partial charge in [0.25, 0.3) is 0 Å². The lowest BCUT2D eigenvalue weighted by molar-refractivity contribution is -0.130. The van der Waals surface area contributed by atoms with Gasteiger partial charge in [0.05, 0.1) is 0 Å². The number of carbonyl (C=O) groups is 3. The first-order valence-corrected chi connectivity index (χ1v) is 10.1. The first kappa shape index (κ1) is 19.4.